The molecule has 0 amide bonds. The highest BCUT2D eigenvalue weighted by atomic mass is 16.3. The number of aliphatic hydroxyl groups excluding tert-OH is 1. The van der Waals surface area contributed by atoms with Crippen molar-refractivity contribution in [1.29, 1.82) is 0 Å². The minimum absolute atomic E-state index is 0.141. The molecule has 0 aliphatic heterocycles. The van der Waals surface area contributed by atoms with Gasteiger partial charge in [0, 0.05) is 17.6 Å². The normalized spacial score (nSPS) is 38.0. The lowest BCUT2D eigenvalue weighted by Crippen LogP contribution is -2.55. The van der Waals surface area contributed by atoms with Crippen LogP contribution < -0.4 is 5.73 Å². The molecule has 0 aromatic rings. The molecule has 3 heteroatoms. The molecule has 0 saturated heterocycles. The van der Waals surface area contributed by atoms with Gasteiger partial charge >= 0.3 is 0 Å². The molecule has 0 heterocycles. The zero-order valence-electron chi connectivity index (χ0n) is 9.78. The molecule has 0 radical (unpaired) electrons. The Kier molecular flexibility index (Phi) is 3.33. The van der Waals surface area contributed by atoms with Gasteiger partial charge in [0.15, 0.2) is 0 Å². The zero-order chi connectivity index (χ0) is 10.9. The summed E-state index contributed by atoms with van der Waals surface area (Å²) in [4.78, 5) is 2.51. The van der Waals surface area contributed by atoms with Crippen molar-refractivity contribution in [3.63, 3.8) is 0 Å². The Morgan fingerprint density at radius 2 is 1.93 bits per heavy atom. The average Bonchev–Trinajstić information content (AvgIpc) is 2.15. The van der Waals surface area contributed by atoms with E-state index in [1.165, 1.54) is 32.1 Å². The molecular formula is C12H24N2O. The first-order valence-corrected chi connectivity index (χ1v) is 6.26. The van der Waals surface area contributed by atoms with Crippen LogP contribution in [-0.4, -0.2) is 41.3 Å². The summed E-state index contributed by atoms with van der Waals surface area (Å²) in [5.74, 6) is 0. The molecule has 2 rings (SSSR count). The summed E-state index contributed by atoms with van der Waals surface area (Å²) in [5.41, 5.74) is 5.86. The second kappa shape index (κ2) is 4.40. The van der Waals surface area contributed by atoms with E-state index in [4.69, 9.17) is 5.73 Å². The molecule has 2 aliphatic carbocycles. The number of nitrogens with two attached hydrogens (primary N) is 1. The third kappa shape index (κ3) is 2.35. The third-order valence-electron chi connectivity index (χ3n) is 4.40. The molecule has 0 aromatic carbocycles. The Balaban J connectivity index is 1.91. The van der Waals surface area contributed by atoms with Gasteiger partial charge in [-0.3, -0.25) is 0 Å². The minimum atomic E-state index is -0.305. The molecule has 0 bridgehead atoms. The summed E-state index contributed by atoms with van der Waals surface area (Å²) in [7, 11) is 2.23. The van der Waals surface area contributed by atoms with Gasteiger partial charge in [-0.05, 0) is 45.6 Å². The fourth-order valence-electron chi connectivity index (χ4n) is 2.95. The first-order valence-electron chi connectivity index (χ1n) is 6.26. The zero-order valence-corrected chi connectivity index (χ0v) is 9.78. The third-order valence-corrected chi connectivity index (χ3v) is 4.40. The lowest BCUT2D eigenvalue weighted by Gasteiger charge is -2.45. The van der Waals surface area contributed by atoms with Gasteiger partial charge in [0.2, 0.25) is 0 Å². The van der Waals surface area contributed by atoms with Crippen LogP contribution in [0.3, 0.4) is 0 Å². The van der Waals surface area contributed by atoms with Crippen molar-refractivity contribution < 1.29 is 5.11 Å². The molecule has 0 spiro atoms. The quantitative estimate of drug-likeness (QED) is 0.736. The van der Waals surface area contributed by atoms with E-state index >= 15 is 0 Å². The Morgan fingerprint density at radius 1 is 1.27 bits per heavy atom. The van der Waals surface area contributed by atoms with E-state index in [9.17, 15) is 5.11 Å². The SMILES string of the molecule is CN(C1CCC1)C1CCCC(N)(CO)C1. The standard InChI is InChI=1S/C12H24N2O/c1-14(10-4-2-5-10)11-6-3-7-12(13,8-11)9-15/h10-11,15H,2-9,13H2,1H3. The predicted molar refractivity (Wildman–Crippen MR) is 61.7 cm³/mol. The molecule has 0 aromatic heterocycles. The van der Waals surface area contributed by atoms with Gasteiger partial charge in [-0.25, -0.2) is 0 Å². The molecule has 88 valence electrons. The maximum Gasteiger partial charge on any atom is 0.0611 e. The highest BCUT2D eigenvalue weighted by Crippen LogP contribution is 2.33. The van der Waals surface area contributed by atoms with Gasteiger partial charge in [0.25, 0.3) is 0 Å². The number of hydrogen-bond acceptors (Lipinski definition) is 3. The van der Waals surface area contributed by atoms with E-state index < -0.39 is 0 Å². The van der Waals surface area contributed by atoms with Gasteiger partial charge < -0.3 is 15.7 Å². The highest BCUT2D eigenvalue weighted by Gasteiger charge is 2.36. The summed E-state index contributed by atoms with van der Waals surface area (Å²) in [6, 6.07) is 1.39. The molecule has 2 fully saturated rings. The minimum Gasteiger partial charge on any atom is -0.394 e. The van der Waals surface area contributed by atoms with Crippen LogP contribution in [0.2, 0.25) is 0 Å². The number of aliphatic hydroxyl groups is 1. The second-order valence-corrected chi connectivity index (χ2v) is 5.52. The van der Waals surface area contributed by atoms with E-state index in [1.54, 1.807) is 0 Å². The first-order chi connectivity index (χ1) is 7.14. The van der Waals surface area contributed by atoms with Crippen molar-refractivity contribution in [2.45, 2.75) is 62.6 Å². The molecule has 2 unspecified atom stereocenters. The first kappa shape index (κ1) is 11.4. The van der Waals surface area contributed by atoms with Crippen LogP contribution in [0, 0.1) is 0 Å². The number of rotatable bonds is 3. The topological polar surface area (TPSA) is 49.5 Å². The summed E-state index contributed by atoms with van der Waals surface area (Å²) in [5, 5.41) is 9.32. The predicted octanol–water partition coefficient (Wildman–Crippen LogP) is 1.10. The van der Waals surface area contributed by atoms with E-state index in [1.807, 2.05) is 0 Å². The van der Waals surface area contributed by atoms with Crippen molar-refractivity contribution in [3.8, 4) is 0 Å². The Morgan fingerprint density at radius 3 is 2.47 bits per heavy atom. The smallest absolute Gasteiger partial charge is 0.0611 e. The summed E-state index contributed by atoms with van der Waals surface area (Å²) < 4.78 is 0. The van der Waals surface area contributed by atoms with Crippen molar-refractivity contribution in [2.24, 2.45) is 5.73 Å². The van der Waals surface area contributed by atoms with E-state index in [-0.39, 0.29) is 12.1 Å². The number of hydrogen-bond donors (Lipinski definition) is 2. The van der Waals surface area contributed by atoms with Gasteiger partial charge in [-0.15, -0.1) is 0 Å². The fraction of sp³-hybridized carbons (Fsp3) is 1.00. The van der Waals surface area contributed by atoms with Crippen LogP contribution in [0.15, 0.2) is 0 Å². The van der Waals surface area contributed by atoms with Gasteiger partial charge in [-0.1, -0.05) is 6.42 Å². The average molecular weight is 212 g/mol. The van der Waals surface area contributed by atoms with Gasteiger partial charge in [-0.2, -0.15) is 0 Å². The molecular weight excluding hydrogens is 188 g/mol. The number of nitrogens with zero attached hydrogens (tertiary/aromatic N) is 1. The van der Waals surface area contributed by atoms with E-state index in [2.05, 4.69) is 11.9 Å². The van der Waals surface area contributed by atoms with Crippen molar-refractivity contribution in [1.82, 2.24) is 4.90 Å². The summed E-state index contributed by atoms with van der Waals surface area (Å²) in [6.07, 6.45) is 8.46. The molecule has 2 saturated carbocycles. The molecule has 2 aliphatic rings. The largest absolute Gasteiger partial charge is 0.394 e. The molecule has 3 nitrogen and oxygen atoms in total. The highest BCUT2D eigenvalue weighted by molar-refractivity contribution is 4.95. The van der Waals surface area contributed by atoms with Crippen LogP contribution in [-0.2, 0) is 0 Å². The van der Waals surface area contributed by atoms with Gasteiger partial charge in [0.05, 0.1) is 6.61 Å². The van der Waals surface area contributed by atoms with Gasteiger partial charge in [0.1, 0.15) is 0 Å². The van der Waals surface area contributed by atoms with Crippen molar-refractivity contribution in [3.05, 3.63) is 0 Å². The monoisotopic (exact) mass is 212 g/mol. The Labute approximate surface area is 92.6 Å². The molecule has 15 heavy (non-hydrogen) atoms. The van der Waals surface area contributed by atoms with E-state index in [0.29, 0.717) is 6.04 Å². The Hall–Kier alpha value is -0.120. The van der Waals surface area contributed by atoms with Crippen LogP contribution in [0.5, 0.6) is 0 Å². The maximum absolute atomic E-state index is 9.32. The molecule has 3 N–H and O–H groups in total. The molecule has 2 atom stereocenters. The van der Waals surface area contributed by atoms with Crippen LogP contribution in [0.1, 0.15) is 44.9 Å². The van der Waals surface area contributed by atoms with Crippen molar-refractivity contribution >= 4 is 0 Å². The van der Waals surface area contributed by atoms with Crippen LogP contribution in [0.25, 0.3) is 0 Å². The maximum atomic E-state index is 9.32. The summed E-state index contributed by atoms with van der Waals surface area (Å²) in [6.45, 7) is 0.141. The Bertz CT molecular complexity index is 218. The van der Waals surface area contributed by atoms with E-state index in [0.717, 1.165) is 18.9 Å². The lowest BCUT2D eigenvalue weighted by atomic mass is 9.78. The van der Waals surface area contributed by atoms with Crippen molar-refractivity contribution in [2.75, 3.05) is 13.7 Å². The van der Waals surface area contributed by atoms with Crippen LogP contribution in [0.4, 0.5) is 0 Å². The summed E-state index contributed by atoms with van der Waals surface area (Å²) >= 11 is 0. The van der Waals surface area contributed by atoms with Crippen LogP contribution >= 0.6 is 0 Å². The fourth-order valence-corrected chi connectivity index (χ4v) is 2.95. The second-order valence-electron chi connectivity index (χ2n) is 5.52. The lowest BCUT2D eigenvalue weighted by molar-refractivity contribution is 0.0478.